The van der Waals surface area contributed by atoms with Gasteiger partial charge in [0.2, 0.25) is 0 Å². The molecule has 0 unspecified atom stereocenters. The van der Waals surface area contributed by atoms with E-state index in [2.05, 4.69) is 17.0 Å². The Kier molecular flexibility index (Phi) is 4.96. The van der Waals surface area contributed by atoms with Crippen molar-refractivity contribution < 1.29 is 9.18 Å². The molecule has 5 nitrogen and oxygen atoms in total. The fourth-order valence-electron chi connectivity index (χ4n) is 3.69. The van der Waals surface area contributed by atoms with Gasteiger partial charge in [-0.25, -0.2) is 9.07 Å². The molecule has 0 bridgehead atoms. The van der Waals surface area contributed by atoms with Crippen molar-refractivity contribution in [3.63, 3.8) is 0 Å². The summed E-state index contributed by atoms with van der Waals surface area (Å²) in [4.78, 5) is 17.0. The molecule has 3 aromatic rings. The van der Waals surface area contributed by atoms with Crippen molar-refractivity contribution in [2.45, 2.75) is 13.0 Å². The maximum absolute atomic E-state index is 13.2. The number of amides is 1. The number of halogens is 1. The van der Waals surface area contributed by atoms with Gasteiger partial charge in [0, 0.05) is 30.8 Å². The zero-order valence-corrected chi connectivity index (χ0v) is 16.0. The molecular weight excluding hydrogens is 355 g/mol. The van der Waals surface area contributed by atoms with Crippen molar-refractivity contribution in [2.75, 3.05) is 26.7 Å². The molecule has 6 heteroatoms. The minimum atomic E-state index is -0.268. The molecule has 0 spiro atoms. The molecule has 0 atom stereocenters. The van der Waals surface area contributed by atoms with Crippen LogP contribution in [0, 0.1) is 5.82 Å². The molecule has 0 radical (unpaired) electrons. The van der Waals surface area contributed by atoms with Crippen LogP contribution >= 0.6 is 0 Å². The SMILES string of the molecule is CCN(C(=O)c1ccc(-n2nccc2-c2ccc(F)cc2)cc1)C1CN(C)C1. The molecular formula is C22H23FN4O. The third-order valence-electron chi connectivity index (χ3n) is 5.23. The Labute approximate surface area is 164 Å². The number of aromatic nitrogens is 2. The second-order valence-electron chi connectivity index (χ2n) is 7.15. The number of hydrogen-bond acceptors (Lipinski definition) is 3. The first-order valence-corrected chi connectivity index (χ1v) is 9.46. The largest absolute Gasteiger partial charge is 0.333 e. The first-order chi connectivity index (χ1) is 13.6. The number of rotatable bonds is 5. The summed E-state index contributed by atoms with van der Waals surface area (Å²) in [6.07, 6.45) is 1.71. The normalized spacial score (nSPS) is 14.7. The summed E-state index contributed by atoms with van der Waals surface area (Å²) < 4.78 is 15.0. The van der Waals surface area contributed by atoms with E-state index in [1.807, 2.05) is 42.2 Å². The summed E-state index contributed by atoms with van der Waals surface area (Å²) >= 11 is 0. The van der Waals surface area contributed by atoms with Gasteiger partial charge in [0.1, 0.15) is 5.82 Å². The summed E-state index contributed by atoms with van der Waals surface area (Å²) in [6.45, 7) is 4.56. The predicted octanol–water partition coefficient (Wildman–Crippen LogP) is 3.45. The number of benzene rings is 2. The van der Waals surface area contributed by atoms with E-state index in [0.29, 0.717) is 18.2 Å². The van der Waals surface area contributed by atoms with Crippen LogP contribution in [0.3, 0.4) is 0 Å². The Bertz CT molecular complexity index is 959. The van der Waals surface area contributed by atoms with E-state index in [4.69, 9.17) is 0 Å². The molecule has 1 saturated heterocycles. The van der Waals surface area contributed by atoms with Crippen LogP contribution in [0.5, 0.6) is 0 Å². The van der Waals surface area contributed by atoms with E-state index in [9.17, 15) is 9.18 Å². The molecule has 2 aromatic carbocycles. The van der Waals surface area contributed by atoms with Gasteiger partial charge >= 0.3 is 0 Å². The molecule has 0 N–H and O–H groups in total. The molecule has 1 amide bonds. The Morgan fingerprint density at radius 1 is 1.11 bits per heavy atom. The van der Waals surface area contributed by atoms with E-state index in [0.717, 1.165) is 30.0 Å². The Hall–Kier alpha value is -2.99. The quantitative estimate of drug-likeness (QED) is 0.683. The lowest BCUT2D eigenvalue weighted by Crippen LogP contribution is -2.59. The van der Waals surface area contributed by atoms with Crippen LogP contribution in [-0.2, 0) is 0 Å². The van der Waals surface area contributed by atoms with Crippen LogP contribution in [0.2, 0.25) is 0 Å². The molecule has 1 aliphatic rings. The lowest BCUT2D eigenvalue weighted by molar-refractivity contribution is 0.0385. The Balaban J connectivity index is 1.56. The van der Waals surface area contributed by atoms with Gasteiger partial charge in [-0.05, 0) is 68.6 Å². The van der Waals surface area contributed by atoms with Crippen molar-refractivity contribution in [3.8, 4) is 16.9 Å². The predicted molar refractivity (Wildman–Crippen MR) is 107 cm³/mol. The zero-order chi connectivity index (χ0) is 19.7. The fraction of sp³-hybridized carbons (Fsp3) is 0.273. The van der Waals surface area contributed by atoms with Crippen LogP contribution in [0.1, 0.15) is 17.3 Å². The Morgan fingerprint density at radius 2 is 1.79 bits per heavy atom. The molecule has 0 saturated carbocycles. The topological polar surface area (TPSA) is 41.4 Å². The van der Waals surface area contributed by atoms with Crippen molar-refractivity contribution in [2.24, 2.45) is 0 Å². The van der Waals surface area contributed by atoms with Crippen molar-refractivity contribution in [3.05, 3.63) is 72.2 Å². The average Bonchev–Trinajstić information content (AvgIpc) is 3.17. The van der Waals surface area contributed by atoms with Gasteiger partial charge in [0.15, 0.2) is 0 Å². The van der Waals surface area contributed by atoms with Crippen molar-refractivity contribution >= 4 is 5.91 Å². The van der Waals surface area contributed by atoms with E-state index >= 15 is 0 Å². The van der Waals surface area contributed by atoms with Crippen LogP contribution in [0.25, 0.3) is 16.9 Å². The van der Waals surface area contributed by atoms with E-state index in [1.54, 1.807) is 23.0 Å². The Morgan fingerprint density at radius 3 is 2.39 bits per heavy atom. The van der Waals surface area contributed by atoms with Gasteiger partial charge in [-0.1, -0.05) is 0 Å². The van der Waals surface area contributed by atoms with Crippen LogP contribution < -0.4 is 0 Å². The van der Waals surface area contributed by atoms with Crippen molar-refractivity contribution in [1.29, 1.82) is 0 Å². The monoisotopic (exact) mass is 378 g/mol. The standard InChI is InChI=1S/C22H23FN4O/c1-3-26(20-14-25(2)15-20)22(28)17-6-10-19(11-7-17)27-21(12-13-24-27)16-4-8-18(23)9-5-16/h4-13,20H,3,14-15H2,1-2H3. The smallest absolute Gasteiger partial charge is 0.254 e. The summed E-state index contributed by atoms with van der Waals surface area (Å²) in [5, 5.41) is 4.39. The molecule has 1 aliphatic heterocycles. The minimum Gasteiger partial charge on any atom is -0.333 e. The van der Waals surface area contributed by atoms with Gasteiger partial charge in [-0.15, -0.1) is 0 Å². The molecule has 1 fully saturated rings. The molecule has 144 valence electrons. The van der Waals surface area contributed by atoms with Gasteiger partial charge in [0.25, 0.3) is 5.91 Å². The summed E-state index contributed by atoms with van der Waals surface area (Å²) in [5.74, 6) is -0.206. The van der Waals surface area contributed by atoms with Crippen LogP contribution in [-0.4, -0.2) is 58.2 Å². The molecule has 4 rings (SSSR count). The number of carbonyl (C=O) groups excluding carboxylic acids is 1. The number of hydrogen-bond donors (Lipinski definition) is 0. The van der Waals surface area contributed by atoms with Crippen LogP contribution in [0.15, 0.2) is 60.8 Å². The van der Waals surface area contributed by atoms with E-state index < -0.39 is 0 Å². The van der Waals surface area contributed by atoms with Crippen molar-refractivity contribution in [1.82, 2.24) is 19.6 Å². The highest BCUT2D eigenvalue weighted by atomic mass is 19.1. The third-order valence-corrected chi connectivity index (χ3v) is 5.23. The first-order valence-electron chi connectivity index (χ1n) is 9.46. The fourth-order valence-corrected chi connectivity index (χ4v) is 3.69. The number of likely N-dealkylation sites (N-methyl/N-ethyl adjacent to an activating group) is 2. The highest BCUT2D eigenvalue weighted by Gasteiger charge is 2.31. The maximum atomic E-state index is 13.2. The van der Waals surface area contributed by atoms with Gasteiger partial charge in [0.05, 0.1) is 23.6 Å². The summed E-state index contributed by atoms with van der Waals surface area (Å²) in [6, 6.07) is 16.0. The number of nitrogens with zero attached hydrogens (tertiary/aromatic N) is 4. The molecule has 2 heterocycles. The second-order valence-corrected chi connectivity index (χ2v) is 7.15. The second kappa shape index (κ2) is 7.56. The summed E-state index contributed by atoms with van der Waals surface area (Å²) in [7, 11) is 2.06. The van der Waals surface area contributed by atoms with Crippen LogP contribution in [0.4, 0.5) is 4.39 Å². The first kappa shape index (κ1) is 18.4. The third kappa shape index (κ3) is 3.43. The average molecular weight is 378 g/mol. The molecule has 0 aliphatic carbocycles. The number of likely N-dealkylation sites (tertiary alicyclic amines) is 1. The van der Waals surface area contributed by atoms with Gasteiger partial charge in [-0.3, -0.25) is 4.79 Å². The lowest BCUT2D eigenvalue weighted by Gasteiger charge is -2.43. The zero-order valence-electron chi connectivity index (χ0n) is 16.0. The lowest BCUT2D eigenvalue weighted by atomic mass is 10.1. The maximum Gasteiger partial charge on any atom is 0.254 e. The molecule has 28 heavy (non-hydrogen) atoms. The van der Waals surface area contributed by atoms with Gasteiger partial charge < -0.3 is 9.80 Å². The highest BCUT2D eigenvalue weighted by molar-refractivity contribution is 5.94. The summed E-state index contributed by atoms with van der Waals surface area (Å²) in [5.41, 5.74) is 3.28. The van der Waals surface area contributed by atoms with Gasteiger partial charge in [-0.2, -0.15) is 5.10 Å². The van der Waals surface area contributed by atoms with E-state index in [1.165, 1.54) is 12.1 Å². The van der Waals surface area contributed by atoms with E-state index in [-0.39, 0.29) is 11.7 Å². The molecule has 1 aromatic heterocycles. The number of carbonyl (C=O) groups is 1. The minimum absolute atomic E-state index is 0.0615. The highest BCUT2D eigenvalue weighted by Crippen LogP contribution is 2.23.